The largest absolute Gasteiger partial charge is 0.492 e. The molecular weight excluding hydrogens is 252 g/mol. The van der Waals surface area contributed by atoms with Crippen molar-refractivity contribution in [3.8, 4) is 5.75 Å². The van der Waals surface area contributed by atoms with Crippen LogP contribution in [0.5, 0.6) is 5.75 Å². The number of fused-ring (bicyclic) bond motifs is 1. The lowest BCUT2D eigenvalue weighted by molar-refractivity contribution is 0.0954. The van der Waals surface area contributed by atoms with E-state index in [0.717, 1.165) is 17.0 Å². The molecule has 1 heterocycles. The van der Waals surface area contributed by atoms with Crippen molar-refractivity contribution >= 4 is 11.6 Å². The predicted octanol–water partition coefficient (Wildman–Crippen LogP) is 2.60. The molecule has 0 atom stereocenters. The van der Waals surface area contributed by atoms with E-state index in [4.69, 9.17) is 4.74 Å². The van der Waals surface area contributed by atoms with Crippen LogP contribution in [0.3, 0.4) is 0 Å². The van der Waals surface area contributed by atoms with E-state index in [-0.39, 0.29) is 5.91 Å². The normalized spacial score (nSPS) is 15.3. The quantitative estimate of drug-likeness (QED) is 0.849. The molecule has 0 fully saturated rings. The van der Waals surface area contributed by atoms with Crippen LogP contribution in [0.1, 0.15) is 22.3 Å². The van der Waals surface area contributed by atoms with Crippen molar-refractivity contribution in [2.45, 2.75) is 6.42 Å². The molecule has 0 aliphatic carbocycles. The van der Waals surface area contributed by atoms with Crippen molar-refractivity contribution in [1.29, 1.82) is 0 Å². The monoisotopic (exact) mass is 266 g/mol. The first-order chi connectivity index (χ1) is 9.84. The Balaban J connectivity index is 1.79. The summed E-state index contributed by atoms with van der Waals surface area (Å²) in [5.41, 5.74) is 4.98. The lowest BCUT2D eigenvalue weighted by Crippen LogP contribution is -2.23. The third-order valence-corrected chi connectivity index (χ3v) is 3.12. The van der Waals surface area contributed by atoms with Crippen LogP contribution < -0.4 is 10.2 Å². The molecule has 4 nitrogen and oxygen atoms in total. The molecule has 0 radical (unpaired) electrons. The maximum absolute atomic E-state index is 11.9. The van der Waals surface area contributed by atoms with E-state index in [1.54, 1.807) is 12.1 Å². The molecule has 2 aromatic carbocycles. The Morgan fingerprint density at radius 1 is 1.05 bits per heavy atom. The van der Waals surface area contributed by atoms with Crippen molar-refractivity contribution in [3.05, 3.63) is 65.7 Å². The molecule has 0 bridgehead atoms. The molecule has 0 spiro atoms. The van der Waals surface area contributed by atoms with Crippen LogP contribution >= 0.6 is 0 Å². The summed E-state index contributed by atoms with van der Waals surface area (Å²) in [5.74, 6) is 0.605. The highest BCUT2D eigenvalue weighted by molar-refractivity contribution is 6.04. The van der Waals surface area contributed by atoms with Gasteiger partial charge in [0.15, 0.2) is 0 Å². The van der Waals surface area contributed by atoms with E-state index >= 15 is 0 Å². The minimum absolute atomic E-state index is 0.206. The fraction of sp³-hybridized carbons (Fsp3) is 0.125. The van der Waals surface area contributed by atoms with Gasteiger partial charge in [0.05, 0.1) is 12.3 Å². The van der Waals surface area contributed by atoms with Gasteiger partial charge in [-0.15, -0.1) is 0 Å². The number of hydrogen-bond donors (Lipinski definition) is 1. The zero-order valence-corrected chi connectivity index (χ0v) is 10.9. The number of para-hydroxylation sites is 1. The Labute approximate surface area is 117 Å². The first kappa shape index (κ1) is 12.4. The number of carbonyl (C=O) groups excluding carboxylic acids is 1. The summed E-state index contributed by atoms with van der Waals surface area (Å²) in [4.78, 5) is 11.9. The lowest BCUT2D eigenvalue weighted by Gasteiger charge is -2.18. The van der Waals surface area contributed by atoms with Gasteiger partial charge in [-0.1, -0.05) is 30.3 Å². The summed E-state index contributed by atoms with van der Waals surface area (Å²) in [7, 11) is 0. The number of amides is 1. The summed E-state index contributed by atoms with van der Waals surface area (Å²) in [6.45, 7) is 0.580. The highest BCUT2D eigenvalue weighted by atomic mass is 16.5. The Hall–Kier alpha value is -2.62. The van der Waals surface area contributed by atoms with Gasteiger partial charge in [0.1, 0.15) is 5.75 Å². The molecule has 1 aliphatic rings. The molecular formula is C16H14N2O2. The molecule has 1 amide bonds. The van der Waals surface area contributed by atoms with Crippen LogP contribution in [-0.4, -0.2) is 18.2 Å². The van der Waals surface area contributed by atoms with Gasteiger partial charge < -0.3 is 4.74 Å². The van der Waals surface area contributed by atoms with Crippen molar-refractivity contribution in [2.75, 3.05) is 6.61 Å². The van der Waals surface area contributed by atoms with Gasteiger partial charge in [0, 0.05) is 17.5 Å². The molecule has 100 valence electrons. The number of hydrogen-bond acceptors (Lipinski definition) is 3. The Morgan fingerprint density at radius 2 is 1.80 bits per heavy atom. The smallest absolute Gasteiger partial charge is 0.271 e. The van der Waals surface area contributed by atoms with Crippen LogP contribution in [0.15, 0.2) is 59.7 Å². The van der Waals surface area contributed by atoms with Gasteiger partial charge in [-0.2, -0.15) is 5.10 Å². The molecule has 1 aliphatic heterocycles. The van der Waals surface area contributed by atoms with Crippen molar-refractivity contribution in [1.82, 2.24) is 5.43 Å². The van der Waals surface area contributed by atoms with Crippen LogP contribution in [-0.2, 0) is 0 Å². The third-order valence-electron chi connectivity index (χ3n) is 3.12. The van der Waals surface area contributed by atoms with Crippen LogP contribution in [0.4, 0.5) is 0 Å². The average molecular weight is 266 g/mol. The van der Waals surface area contributed by atoms with Gasteiger partial charge in [0.25, 0.3) is 5.91 Å². The molecule has 3 rings (SSSR count). The summed E-state index contributed by atoms with van der Waals surface area (Å²) in [6, 6.07) is 16.7. The second kappa shape index (κ2) is 5.57. The summed E-state index contributed by atoms with van der Waals surface area (Å²) in [5, 5.41) is 4.24. The van der Waals surface area contributed by atoms with E-state index in [2.05, 4.69) is 10.5 Å². The average Bonchev–Trinajstić information content (AvgIpc) is 2.53. The molecule has 0 saturated carbocycles. The number of nitrogens with one attached hydrogen (secondary N) is 1. The Kier molecular flexibility index (Phi) is 3.46. The zero-order chi connectivity index (χ0) is 13.8. The highest BCUT2D eigenvalue weighted by Gasteiger charge is 2.16. The van der Waals surface area contributed by atoms with Gasteiger partial charge in [-0.3, -0.25) is 4.79 Å². The van der Waals surface area contributed by atoms with Crippen LogP contribution in [0.2, 0.25) is 0 Å². The first-order valence-electron chi connectivity index (χ1n) is 6.49. The Bertz CT molecular complexity index is 651. The fourth-order valence-corrected chi connectivity index (χ4v) is 2.11. The summed E-state index contributed by atoms with van der Waals surface area (Å²) >= 11 is 0. The van der Waals surface area contributed by atoms with E-state index in [9.17, 15) is 4.79 Å². The molecule has 0 unspecified atom stereocenters. The second-order valence-electron chi connectivity index (χ2n) is 4.46. The number of carbonyl (C=O) groups is 1. The first-order valence-corrected chi connectivity index (χ1v) is 6.49. The SMILES string of the molecule is O=C(N/N=C1\CCOc2ccccc21)c1ccccc1. The number of ether oxygens (including phenoxy) is 1. The number of nitrogens with zero attached hydrogens (tertiary/aromatic N) is 1. The fourth-order valence-electron chi connectivity index (χ4n) is 2.11. The Morgan fingerprint density at radius 3 is 2.65 bits per heavy atom. The van der Waals surface area contributed by atoms with Gasteiger partial charge in [-0.05, 0) is 24.3 Å². The molecule has 0 aromatic heterocycles. The van der Waals surface area contributed by atoms with Crippen molar-refractivity contribution in [2.24, 2.45) is 5.10 Å². The van der Waals surface area contributed by atoms with E-state index < -0.39 is 0 Å². The maximum Gasteiger partial charge on any atom is 0.271 e. The summed E-state index contributed by atoms with van der Waals surface area (Å²) in [6.07, 6.45) is 0.687. The molecule has 4 heteroatoms. The van der Waals surface area contributed by atoms with E-state index in [1.165, 1.54) is 0 Å². The third kappa shape index (κ3) is 2.54. The molecule has 0 saturated heterocycles. The zero-order valence-electron chi connectivity index (χ0n) is 10.9. The molecule has 1 N–H and O–H groups in total. The molecule has 2 aromatic rings. The number of benzene rings is 2. The number of rotatable bonds is 2. The van der Waals surface area contributed by atoms with E-state index in [0.29, 0.717) is 18.6 Å². The minimum atomic E-state index is -0.206. The highest BCUT2D eigenvalue weighted by Crippen LogP contribution is 2.24. The predicted molar refractivity (Wildman–Crippen MR) is 77.0 cm³/mol. The van der Waals surface area contributed by atoms with Crippen LogP contribution in [0.25, 0.3) is 0 Å². The maximum atomic E-state index is 11.9. The summed E-state index contributed by atoms with van der Waals surface area (Å²) < 4.78 is 5.55. The van der Waals surface area contributed by atoms with E-state index in [1.807, 2.05) is 42.5 Å². The van der Waals surface area contributed by atoms with Gasteiger partial charge in [-0.25, -0.2) is 5.43 Å². The topological polar surface area (TPSA) is 50.7 Å². The second-order valence-corrected chi connectivity index (χ2v) is 4.46. The van der Waals surface area contributed by atoms with Crippen LogP contribution in [0, 0.1) is 0 Å². The molecule has 20 heavy (non-hydrogen) atoms. The van der Waals surface area contributed by atoms with Gasteiger partial charge in [0.2, 0.25) is 0 Å². The van der Waals surface area contributed by atoms with Gasteiger partial charge >= 0.3 is 0 Å². The van der Waals surface area contributed by atoms with Crippen molar-refractivity contribution < 1.29 is 9.53 Å². The lowest BCUT2D eigenvalue weighted by atomic mass is 10.0. The number of hydrazone groups is 1. The standard InChI is InChI=1S/C16H14N2O2/c19-16(12-6-2-1-3-7-12)18-17-14-10-11-20-15-9-5-4-8-13(14)15/h1-9H,10-11H2,(H,18,19)/b17-14+. The minimum Gasteiger partial charge on any atom is -0.492 e. The van der Waals surface area contributed by atoms with Crippen molar-refractivity contribution in [3.63, 3.8) is 0 Å².